The fourth-order valence-corrected chi connectivity index (χ4v) is 1.39. The van der Waals surface area contributed by atoms with Crippen molar-refractivity contribution in [3.05, 3.63) is 16.8 Å². The van der Waals surface area contributed by atoms with E-state index in [4.69, 9.17) is 15.5 Å². The molecule has 1 aromatic heterocycles. The lowest BCUT2D eigenvalue weighted by Gasteiger charge is -2.14. The molecule has 1 aromatic rings. The van der Waals surface area contributed by atoms with E-state index >= 15 is 0 Å². The molecular weight excluding hydrogens is 252 g/mol. The number of anilines is 1. The monoisotopic (exact) mass is 264 g/mol. The van der Waals surface area contributed by atoms with Crippen LogP contribution >= 0.6 is 0 Å². The highest BCUT2D eigenvalue weighted by Crippen LogP contribution is 2.18. The van der Waals surface area contributed by atoms with Crippen LogP contribution in [0.25, 0.3) is 0 Å². The zero-order valence-electron chi connectivity index (χ0n) is 10.3. The number of carbonyl (C=O) groups is 2. The first-order valence-corrected chi connectivity index (χ1v) is 5.32. The highest BCUT2D eigenvalue weighted by Gasteiger charge is 2.23. The summed E-state index contributed by atoms with van der Waals surface area (Å²) in [5, 5.41) is 36.5. The van der Waals surface area contributed by atoms with E-state index in [0.29, 0.717) is 11.3 Å². The van der Waals surface area contributed by atoms with Crippen molar-refractivity contribution in [1.82, 2.24) is 10.2 Å². The second kappa shape index (κ2) is 5.77. The first-order chi connectivity index (χ1) is 8.86. The summed E-state index contributed by atoms with van der Waals surface area (Å²) >= 11 is 0. The molecule has 0 aliphatic rings. The number of hydrogen-bond donors (Lipinski definition) is 3. The number of aryl methyl sites for hydroxylation is 1. The Bertz CT molecular complexity index is 565. The molecule has 1 atom stereocenters. The lowest BCUT2D eigenvalue weighted by Crippen LogP contribution is -2.32. The summed E-state index contributed by atoms with van der Waals surface area (Å²) < 4.78 is 0. The molecule has 0 saturated carbocycles. The van der Waals surface area contributed by atoms with Crippen molar-refractivity contribution in [3.8, 4) is 6.07 Å². The van der Waals surface area contributed by atoms with Gasteiger partial charge in [-0.1, -0.05) is 0 Å². The molecule has 3 N–H and O–H groups in total. The molecule has 1 rings (SSSR count). The molecule has 0 bridgehead atoms. The first kappa shape index (κ1) is 14.4. The van der Waals surface area contributed by atoms with Crippen molar-refractivity contribution in [3.63, 3.8) is 0 Å². The molecule has 0 radical (unpaired) electrons. The quantitative estimate of drug-likeness (QED) is 0.690. The van der Waals surface area contributed by atoms with E-state index in [-0.39, 0.29) is 11.4 Å². The van der Waals surface area contributed by atoms with Gasteiger partial charge in [0.2, 0.25) is 0 Å². The maximum absolute atomic E-state index is 10.9. The maximum atomic E-state index is 10.9. The summed E-state index contributed by atoms with van der Waals surface area (Å²) in [6, 6.07) is 0.523. The van der Waals surface area contributed by atoms with Gasteiger partial charge >= 0.3 is 11.9 Å². The van der Waals surface area contributed by atoms with Crippen LogP contribution in [0, 0.1) is 25.2 Å². The van der Waals surface area contributed by atoms with Crippen LogP contribution < -0.4 is 5.32 Å². The van der Waals surface area contributed by atoms with Crippen LogP contribution in [0.1, 0.15) is 23.2 Å². The minimum atomic E-state index is -1.37. The number of aromatic nitrogens is 2. The fourth-order valence-electron chi connectivity index (χ4n) is 1.39. The standard InChI is InChI=1S/C11H12N4O4/c1-5-6(2)14-15-10(7(5)4-12)13-8(11(18)19)3-9(16)17/h8H,3H2,1-2H3,(H,13,15)(H,16,17)(H,18,19). The minimum absolute atomic E-state index is 0.0285. The summed E-state index contributed by atoms with van der Waals surface area (Å²) in [5.41, 5.74) is 1.27. The largest absolute Gasteiger partial charge is 0.481 e. The van der Waals surface area contributed by atoms with E-state index in [9.17, 15) is 9.59 Å². The van der Waals surface area contributed by atoms with Crippen molar-refractivity contribution in [2.45, 2.75) is 26.3 Å². The molecule has 1 unspecified atom stereocenters. The molecule has 8 nitrogen and oxygen atoms in total. The minimum Gasteiger partial charge on any atom is -0.481 e. The van der Waals surface area contributed by atoms with Crippen molar-refractivity contribution < 1.29 is 19.8 Å². The lowest BCUT2D eigenvalue weighted by molar-refractivity contribution is -0.144. The van der Waals surface area contributed by atoms with E-state index in [1.165, 1.54) is 0 Å². The zero-order valence-corrected chi connectivity index (χ0v) is 10.3. The van der Waals surface area contributed by atoms with Gasteiger partial charge in [0.05, 0.1) is 12.1 Å². The molecule has 0 aromatic carbocycles. The highest BCUT2D eigenvalue weighted by atomic mass is 16.4. The van der Waals surface area contributed by atoms with Crippen molar-refractivity contribution in [1.29, 1.82) is 5.26 Å². The maximum Gasteiger partial charge on any atom is 0.326 e. The topological polar surface area (TPSA) is 136 Å². The summed E-state index contributed by atoms with van der Waals surface area (Å²) in [5.74, 6) is -2.64. The Labute approximate surface area is 108 Å². The average molecular weight is 264 g/mol. The van der Waals surface area contributed by atoms with Crippen LogP contribution in [0.15, 0.2) is 0 Å². The van der Waals surface area contributed by atoms with E-state index in [2.05, 4.69) is 15.5 Å². The van der Waals surface area contributed by atoms with Gasteiger partial charge in [-0.25, -0.2) is 4.79 Å². The van der Waals surface area contributed by atoms with Crippen LogP contribution in [0.3, 0.4) is 0 Å². The molecule has 0 fully saturated rings. The fraction of sp³-hybridized carbons (Fsp3) is 0.364. The van der Waals surface area contributed by atoms with Crippen LogP contribution in [0.4, 0.5) is 5.82 Å². The SMILES string of the molecule is Cc1nnc(NC(CC(=O)O)C(=O)O)c(C#N)c1C. The molecular formula is C11H12N4O4. The Kier molecular flexibility index (Phi) is 4.36. The first-order valence-electron chi connectivity index (χ1n) is 5.32. The highest BCUT2D eigenvalue weighted by molar-refractivity contribution is 5.83. The summed E-state index contributed by atoms with van der Waals surface area (Å²) in [7, 11) is 0. The average Bonchev–Trinajstić information content (AvgIpc) is 2.32. The second-order valence-electron chi connectivity index (χ2n) is 3.88. The summed E-state index contributed by atoms with van der Waals surface area (Å²) in [6.07, 6.45) is -0.630. The third kappa shape index (κ3) is 3.38. The Morgan fingerprint density at radius 3 is 2.47 bits per heavy atom. The number of aliphatic carboxylic acids is 2. The van der Waals surface area contributed by atoms with Crippen molar-refractivity contribution in [2.24, 2.45) is 0 Å². The van der Waals surface area contributed by atoms with Gasteiger partial charge in [0.15, 0.2) is 5.82 Å². The molecule has 1 heterocycles. The van der Waals surface area contributed by atoms with Crippen molar-refractivity contribution in [2.75, 3.05) is 5.32 Å². The second-order valence-corrected chi connectivity index (χ2v) is 3.88. The van der Waals surface area contributed by atoms with E-state index in [1.807, 2.05) is 6.07 Å². The Morgan fingerprint density at radius 2 is 2.00 bits per heavy atom. The number of hydrogen-bond acceptors (Lipinski definition) is 6. The Balaban J connectivity index is 3.10. The van der Waals surface area contributed by atoms with Gasteiger partial charge in [-0.15, -0.1) is 5.10 Å². The van der Waals surface area contributed by atoms with Gasteiger partial charge in [-0.2, -0.15) is 10.4 Å². The van der Waals surface area contributed by atoms with Gasteiger partial charge in [-0.05, 0) is 19.4 Å². The molecule has 0 saturated heterocycles. The van der Waals surface area contributed by atoms with Gasteiger partial charge in [0, 0.05) is 0 Å². The molecule has 0 spiro atoms. The van der Waals surface area contributed by atoms with Crippen LogP contribution in [0.2, 0.25) is 0 Å². The third-order valence-corrected chi connectivity index (χ3v) is 2.55. The Morgan fingerprint density at radius 1 is 1.37 bits per heavy atom. The molecule has 0 amide bonds. The van der Waals surface area contributed by atoms with Crippen LogP contribution in [-0.4, -0.2) is 38.4 Å². The zero-order chi connectivity index (χ0) is 14.6. The number of rotatable bonds is 5. The Hall–Kier alpha value is -2.69. The molecule has 19 heavy (non-hydrogen) atoms. The van der Waals surface area contributed by atoms with Gasteiger partial charge in [0.25, 0.3) is 0 Å². The number of nitrogens with zero attached hydrogens (tertiary/aromatic N) is 3. The number of nitriles is 1. The predicted octanol–water partition coefficient (Wildman–Crippen LogP) is 0.305. The smallest absolute Gasteiger partial charge is 0.326 e. The lowest BCUT2D eigenvalue weighted by atomic mass is 10.1. The number of nitrogens with one attached hydrogen (secondary N) is 1. The summed E-state index contributed by atoms with van der Waals surface area (Å²) in [6.45, 7) is 3.32. The summed E-state index contributed by atoms with van der Waals surface area (Å²) in [4.78, 5) is 21.5. The molecule has 100 valence electrons. The van der Waals surface area contributed by atoms with Crippen LogP contribution in [-0.2, 0) is 9.59 Å². The third-order valence-electron chi connectivity index (χ3n) is 2.55. The van der Waals surface area contributed by atoms with Gasteiger partial charge < -0.3 is 15.5 Å². The molecule has 0 aliphatic carbocycles. The predicted molar refractivity (Wildman–Crippen MR) is 63.5 cm³/mol. The van der Waals surface area contributed by atoms with Gasteiger partial charge in [0.1, 0.15) is 17.7 Å². The number of carboxylic acid groups (broad SMARTS) is 2. The van der Waals surface area contributed by atoms with Gasteiger partial charge in [-0.3, -0.25) is 4.79 Å². The van der Waals surface area contributed by atoms with E-state index in [1.54, 1.807) is 13.8 Å². The van der Waals surface area contributed by atoms with E-state index in [0.717, 1.165) is 0 Å². The van der Waals surface area contributed by atoms with Crippen molar-refractivity contribution >= 4 is 17.8 Å². The van der Waals surface area contributed by atoms with Crippen LogP contribution in [0.5, 0.6) is 0 Å². The molecule has 8 heteroatoms. The number of carboxylic acids is 2. The van der Waals surface area contributed by atoms with E-state index < -0.39 is 24.4 Å². The normalized spacial score (nSPS) is 11.4. The molecule has 0 aliphatic heterocycles.